The first-order valence-electron chi connectivity index (χ1n) is 9.92. The first-order valence-corrected chi connectivity index (χ1v) is 11.1. The normalized spacial score (nSPS) is 10.9. The summed E-state index contributed by atoms with van der Waals surface area (Å²) in [7, 11) is 0. The molecule has 0 bridgehead atoms. The topological polar surface area (TPSA) is 71.3 Å². The largest absolute Gasteiger partial charge is 0.490 e. The lowest BCUT2D eigenvalue weighted by atomic mass is 10.1. The lowest BCUT2D eigenvalue weighted by Gasteiger charge is -2.15. The average molecular weight is 530 g/mol. The van der Waals surface area contributed by atoms with Crippen LogP contribution in [0.4, 0.5) is 10.1 Å². The van der Waals surface area contributed by atoms with Crippen LogP contribution in [-0.4, -0.2) is 12.5 Å². The summed E-state index contributed by atoms with van der Waals surface area (Å²) in [5.41, 5.74) is 1.28. The third-order valence-electron chi connectivity index (χ3n) is 4.44. The predicted octanol–water partition coefficient (Wildman–Crippen LogP) is 6.76. The Bertz CT molecular complexity index is 1220. The van der Waals surface area contributed by atoms with E-state index in [1.807, 2.05) is 6.07 Å². The van der Waals surface area contributed by atoms with Gasteiger partial charge >= 0.3 is 0 Å². The van der Waals surface area contributed by atoms with Gasteiger partial charge in [-0.05, 0) is 61.0 Å². The Morgan fingerprint density at radius 1 is 1.18 bits per heavy atom. The van der Waals surface area contributed by atoms with Gasteiger partial charge in [-0.25, -0.2) is 4.39 Å². The summed E-state index contributed by atoms with van der Waals surface area (Å²) in [6.45, 7) is 2.08. The molecule has 0 aliphatic carbocycles. The Labute approximate surface area is 204 Å². The number of hydrogen-bond donors (Lipinski definition) is 1. The number of anilines is 1. The van der Waals surface area contributed by atoms with Crippen LogP contribution in [-0.2, 0) is 11.4 Å². The fourth-order valence-corrected chi connectivity index (χ4v) is 3.42. The first kappa shape index (κ1) is 24.3. The number of amides is 1. The van der Waals surface area contributed by atoms with Crippen molar-refractivity contribution in [3.63, 3.8) is 0 Å². The second kappa shape index (κ2) is 11.5. The van der Waals surface area contributed by atoms with E-state index in [4.69, 9.17) is 21.1 Å². The Morgan fingerprint density at radius 3 is 2.58 bits per heavy atom. The molecule has 3 aromatic rings. The van der Waals surface area contributed by atoms with Crippen LogP contribution in [0.15, 0.2) is 70.7 Å². The molecule has 0 atom stereocenters. The molecule has 0 spiro atoms. The van der Waals surface area contributed by atoms with Crippen molar-refractivity contribution in [3.8, 4) is 17.6 Å². The highest BCUT2D eigenvalue weighted by Crippen LogP contribution is 2.38. The molecule has 0 aliphatic heterocycles. The number of rotatable bonds is 8. The van der Waals surface area contributed by atoms with E-state index in [0.29, 0.717) is 29.2 Å². The molecule has 5 nitrogen and oxygen atoms in total. The highest BCUT2D eigenvalue weighted by atomic mass is 79.9. The highest BCUT2D eigenvalue weighted by Gasteiger charge is 2.15. The van der Waals surface area contributed by atoms with Gasteiger partial charge in [0.25, 0.3) is 5.91 Å². The standard InChI is InChI=1S/C25H19BrClFN2O3/c1-2-32-23-13-16(11-18(14-29)25(31)30-20-9-7-19(26)8-10-20)12-21(27)24(23)33-15-17-5-3-4-6-22(17)28/h3-13H,2,15H2,1H3,(H,30,31)/b18-11+. The Kier molecular flexibility index (Phi) is 8.47. The van der Waals surface area contributed by atoms with Crippen molar-refractivity contribution in [2.45, 2.75) is 13.5 Å². The van der Waals surface area contributed by atoms with Crippen LogP contribution in [0.25, 0.3) is 6.08 Å². The molecule has 3 aromatic carbocycles. The molecule has 0 heterocycles. The number of nitrogens with zero attached hydrogens (tertiary/aromatic N) is 1. The molecule has 1 N–H and O–H groups in total. The zero-order chi connectivity index (χ0) is 23.8. The van der Waals surface area contributed by atoms with Crippen LogP contribution in [0, 0.1) is 17.1 Å². The van der Waals surface area contributed by atoms with Gasteiger partial charge in [0.2, 0.25) is 0 Å². The fourth-order valence-electron chi connectivity index (χ4n) is 2.89. The van der Waals surface area contributed by atoms with Gasteiger partial charge in [-0.2, -0.15) is 5.26 Å². The van der Waals surface area contributed by atoms with Crippen molar-refractivity contribution in [1.29, 1.82) is 5.26 Å². The SMILES string of the molecule is CCOc1cc(/C=C(\C#N)C(=O)Nc2ccc(Br)cc2)cc(Cl)c1OCc1ccccc1F. The minimum absolute atomic E-state index is 0.0410. The molecule has 0 saturated carbocycles. The third kappa shape index (κ3) is 6.58. The maximum atomic E-state index is 13.9. The van der Waals surface area contributed by atoms with Crippen LogP contribution < -0.4 is 14.8 Å². The lowest BCUT2D eigenvalue weighted by molar-refractivity contribution is -0.112. The van der Waals surface area contributed by atoms with Gasteiger partial charge in [-0.3, -0.25) is 4.79 Å². The number of hydrogen-bond acceptors (Lipinski definition) is 4. The average Bonchev–Trinajstić information content (AvgIpc) is 2.79. The zero-order valence-electron chi connectivity index (χ0n) is 17.6. The van der Waals surface area contributed by atoms with Crippen LogP contribution in [0.1, 0.15) is 18.1 Å². The van der Waals surface area contributed by atoms with Gasteiger partial charge in [0.1, 0.15) is 24.1 Å². The predicted molar refractivity (Wildman–Crippen MR) is 130 cm³/mol. The van der Waals surface area contributed by atoms with Gasteiger partial charge in [0.15, 0.2) is 11.5 Å². The van der Waals surface area contributed by atoms with Gasteiger partial charge in [0, 0.05) is 15.7 Å². The summed E-state index contributed by atoms with van der Waals surface area (Å²) in [6.07, 6.45) is 1.41. The number of carbonyl (C=O) groups excluding carboxylic acids is 1. The molecule has 8 heteroatoms. The molecule has 0 aliphatic rings. The summed E-state index contributed by atoms with van der Waals surface area (Å²) in [4.78, 5) is 12.5. The van der Waals surface area contributed by atoms with Crippen LogP contribution >= 0.6 is 27.5 Å². The van der Waals surface area contributed by atoms with Crippen molar-refractivity contribution in [1.82, 2.24) is 0 Å². The van der Waals surface area contributed by atoms with E-state index >= 15 is 0 Å². The molecular formula is C25H19BrClFN2O3. The summed E-state index contributed by atoms with van der Waals surface area (Å²) in [5, 5.41) is 12.4. The van der Waals surface area contributed by atoms with Gasteiger partial charge in [-0.15, -0.1) is 0 Å². The number of carbonyl (C=O) groups is 1. The van der Waals surface area contributed by atoms with Crippen molar-refractivity contribution >= 4 is 45.2 Å². The molecule has 3 rings (SSSR count). The van der Waals surface area contributed by atoms with E-state index < -0.39 is 5.91 Å². The van der Waals surface area contributed by atoms with Gasteiger partial charge < -0.3 is 14.8 Å². The van der Waals surface area contributed by atoms with E-state index in [-0.39, 0.29) is 28.8 Å². The van der Waals surface area contributed by atoms with Crippen molar-refractivity contribution in [2.24, 2.45) is 0 Å². The Morgan fingerprint density at radius 2 is 1.91 bits per heavy atom. The minimum Gasteiger partial charge on any atom is -0.490 e. The molecule has 1 amide bonds. The number of nitrogens with one attached hydrogen (secondary N) is 1. The van der Waals surface area contributed by atoms with Crippen LogP contribution in [0.5, 0.6) is 11.5 Å². The van der Waals surface area contributed by atoms with E-state index in [0.717, 1.165) is 4.47 Å². The number of halogens is 3. The van der Waals surface area contributed by atoms with E-state index in [2.05, 4.69) is 21.2 Å². The van der Waals surface area contributed by atoms with Crippen molar-refractivity contribution in [3.05, 3.63) is 92.7 Å². The molecular weight excluding hydrogens is 511 g/mol. The second-order valence-corrected chi connectivity index (χ2v) is 8.10. The number of ether oxygens (including phenoxy) is 2. The minimum atomic E-state index is -0.561. The molecule has 0 radical (unpaired) electrons. The van der Waals surface area contributed by atoms with Gasteiger partial charge in [0.05, 0.1) is 11.6 Å². The van der Waals surface area contributed by atoms with Gasteiger partial charge in [-0.1, -0.05) is 45.7 Å². The van der Waals surface area contributed by atoms with E-state index in [1.165, 1.54) is 12.1 Å². The van der Waals surface area contributed by atoms with Crippen LogP contribution in [0.3, 0.4) is 0 Å². The zero-order valence-corrected chi connectivity index (χ0v) is 19.9. The van der Waals surface area contributed by atoms with E-state index in [1.54, 1.807) is 61.5 Å². The summed E-state index contributed by atoms with van der Waals surface area (Å²) < 4.78 is 26.2. The summed E-state index contributed by atoms with van der Waals surface area (Å²) in [6, 6.07) is 18.3. The van der Waals surface area contributed by atoms with Crippen molar-refractivity contribution < 1.29 is 18.7 Å². The highest BCUT2D eigenvalue weighted by molar-refractivity contribution is 9.10. The number of nitriles is 1. The molecule has 33 heavy (non-hydrogen) atoms. The molecule has 0 unspecified atom stereocenters. The summed E-state index contributed by atoms with van der Waals surface area (Å²) >= 11 is 9.74. The first-order chi connectivity index (χ1) is 15.9. The lowest BCUT2D eigenvalue weighted by Crippen LogP contribution is -2.13. The van der Waals surface area contributed by atoms with Crippen LogP contribution in [0.2, 0.25) is 5.02 Å². The Balaban J connectivity index is 1.85. The molecule has 168 valence electrons. The molecule has 0 fully saturated rings. The third-order valence-corrected chi connectivity index (χ3v) is 5.25. The number of benzene rings is 3. The summed E-state index contributed by atoms with van der Waals surface area (Å²) in [5.74, 6) is -0.384. The van der Waals surface area contributed by atoms with Crippen molar-refractivity contribution in [2.75, 3.05) is 11.9 Å². The molecule has 0 saturated heterocycles. The smallest absolute Gasteiger partial charge is 0.266 e. The molecule has 0 aromatic heterocycles. The monoisotopic (exact) mass is 528 g/mol. The maximum Gasteiger partial charge on any atom is 0.266 e. The van der Waals surface area contributed by atoms with E-state index in [9.17, 15) is 14.4 Å². The quantitative estimate of drug-likeness (QED) is 0.258. The maximum absolute atomic E-state index is 13.9. The Hall–Kier alpha value is -3.34. The second-order valence-electron chi connectivity index (χ2n) is 6.77. The fraction of sp³-hybridized carbons (Fsp3) is 0.120.